The third-order valence-corrected chi connectivity index (χ3v) is 4.15. The number of amides is 1. The number of hydrogen-bond acceptors (Lipinski definition) is 5. The van der Waals surface area contributed by atoms with Crippen LogP contribution in [0.3, 0.4) is 0 Å². The predicted molar refractivity (Wildman–Crippen MR) is 106 cm³/mol. The molecule has 1 aromatic rings. The number of carbonyl (C=O) groups is 2. The molecule has 0 heterocycles. The van der Waals surface area contributed by atoms with E-state index in [4.69, 9.17) is 14.2 Å². The molecule has 1 atom stereocenters. The lowest BCUT2D eigenvalue weighted by molar-refractivity contribution is -0.140. The topological polar surface area (TPSA) is 73.9 Å². The molecule has 27 heavy (non-hydrogen) atoms. The molecule has 0 saturated heterocycles. The van der Waals surface area contributed by atoms with E-state index in [1.165, 1.54) is 0 Å². The molecule has 0 bridgehead atoms. The summed E-state index contributed by atoms with van der Waals surface area (Å²) in [5, 5.41) is 2.88. The minimum Gasteiger partial charge on any atom is -0.493 e. The summed E-state index contributed by atoms with van der Waals surface area (Å²) in [6.45, 7) is 10.7. The van der Waals surface area contributed by atoms with Gasteiger partial charge in [0, 0.05) is 12.3 Å². The van der Waals surface area contributed by atoms with E-state index >= 15 is 0 Å². The molecule has 1 rings (SSSR count). The number of ether oxygens (including phenoxy) is 3. The molecule has 1 amide bonds. The first-order valence-electron chi connectivity index (χ1n) is 9.81. The maximum atomic E-state index is 12.9. The largest absolute Gasteiger partial charge is 0.493 e. The molecule has 152 valence electrons. The van der Waals surface area contributed by atoms with E-state index in [2.05, 4.69) is 12.2 Å². The maximum Gasteiger partial charge on any atom is 0.341 e. The second-order valence-corrected chi connectivity index (χ2v) is 6.50. The standard InChI is InChI=1S/C21H33NO5/c1-6-10-13-21(5,27-14-7-2)20(24)22-16-11-12-18(25-8-3)17(15-16)19(23)26-9-4/h11-12,15H,6-10,13-14H2,1-5H3,(H,22,24)/t21-/m1/s1. The van der Waals surface area contributed by atoms with E-state index in [-0.39, 0.29) is 12.5 Å². The highest BCUT2D eigenvalue weighted by molar-refractivity contribution is 5.99. The smallest absolute Gasteiger partial charge is 0.341 e. The zero-order valence-electron chi connectivity index (χ0n) is 17.2. The van der Waals surface area contributed by atoms with Gasteiger partial charge in [-0.2, -0.15) is 0 Å². The average Bonchev–Trinajstić information content (AvgIpc) is 2.66. The van der Waals surface area contributed by atoms with E-state index in [1.807, 2.05) is 20.8 Å². The van der Waals surface area contributed by atoms with Crippen LogP contribution in [0.1, 0.15) is 70.7 Å². The van der Waals surface area contributed by atoms with Crippen molar-refractivity contribution in [2.75, 3.05) is 25.1 Å². The number of unbranched alkanes of at least 4 members (excludes halogenated alkanes) is 1. The average molecular weight is 379 g/mol. The highest BCUT2D eigenvalue weighted by atomic mass is 16.5. The summed E-state index contributed by atoms with van der Waals surface area (Å²) in [6, 6.07) is 4.97. The lowest BCUT2D eigenvalue weighted by atomic mass is 9.97. The van der Waals surface area contributed by atoms with Crippen molar-refractivity contribution in [1.29, 1.82) is 0 Å². The third kappa shape index (κ3) is 6.86. The number of esters is 1. The maximum absolute atomic E-state index is 12.9. The van der Waals surface area contributed by atoms with Gasteiger partial charge in [-0.05, 0) is 51.8 Å². The normalized spacial score (nSPS) is 12.9. The second kappa shape index (κ2) is 11.6. The van der Waals surface area contributed by atoms with Gasteiger partial charge in [-0.1, -0.05) is 26.7 Å². The van der Waals surface area contributed by atoms with Crippen molar-refractivity contribution < 1.29 is 23.8 Å². The molecule has 0 radical (unpaired) electrons. The molecule has 0 aromatic heterocycles. The molecule has 6 nitrogen and oxygen atoms in total. The zero-order chi connectivity index (χ0) is 20.3. The Bertz CT molecular complexity index is 607. The van der Waals surface area contributed by atoms with Gasteiger partial charge in [0.15, 0.2) is 0 Å². The van der Waals surface area contributed by atoms with Crippen LogP contribution >= 0.6 is 0 Å². The van der Waals surface area contributed by atoms with E-state index in [9.17, 15) is 9.59 Å². The number of hydrogen-bond donors (Lipinski definition) is 1. The van der Waals surface area contributed by atoms with E-state index < -0.39 is 11.6 Å². The van der Waals surface area contributed by atoms with Crippen LogP contribution in [0.25, 0.3) is 0 Å². The Morgan fingerprint density at radius 2 is 1.81 bits per heavy atom. The summed E-state index contributed by atoms with van der Waals surface area (Å²) >= 11 is 0. The van der Waals surface area contributed by atoms with Crippen LogP contribution in [0.5, 0.6) is 5.75 Å². The molecule has 6 heteroatoms. The Morgan fingerprint density at radius 3 is 2.41 bits per heavy atom. The van der Waals surface area contributed by atoms with Crippen molar-refractivity contribution in [3.8, 4) is 5.75 Å². The summed E-state index contributed by atoms with van der Waals surface area (Å²) in [5.74, 6) is -0.263. The monoisotopic (exact) mass is 379 g/mol. The quantitative estimate of drug-likeness (QED) is 0.538. The van der Waals surface area contributed by atoms with Crippen molar-refractivity contribution >= 4 is 17.6 Å². The number of rotatable bonds is 12. The van der Waals surface area contributed by atoms with Gasteiger partial charge in [-0.3, -0.25) is 4.79 Å². The molecule has 0 spiro atoms. The lowest BCUT2D eigenvalue weighted by Gasteiger charge is -2.28. The van der Waals surface area contributed by atoms with Crippen LogP contribution in [0, 0.1) is 0 Å². The minimum atomic E-state index is -0.908. The lowest BCUT2D eigenvalue weighted by Crippen LogP contribution is -2.43. The summed E-state index contributed by atoms with van der Waals surface area (Å²) in [6.07, 6.45) is 3.35. The third-order valence-electron chi connectivity index (χ3n) is 4.15. The van der Waals surface area contributed by atoms with Gasteiger partial charge >= 0.3 is 5.97 Å². The van der Waals surface area contributed by atoms with Crippen LogP contribution in [-0.4, -0.2) is 37.3 Å². The molecule has 1 N–H and O–H groups in total. The van der Waals surface area contributed by atoms with Crippen molar-refractivity contribution in [3.63, 3.8) is 0 Å². The van der Waals surface area contributed by atoms with E-state index in [1.54, 1.807) is 25.1 Å². The molecule has 0 aliphatic rings. The van der Waals surface area contributed by atoms with Crippen LogP contribution in [0.2, 0.25) is 0 Å². The summed E-state index contributed by atoms with van der Waals surface area (Å²) in [7, 11) is 0. The van der Waals surface area contributed by atoms with Crippen molar-refractivity contribution in [3.05, 3.63) is 23.8 Å². The number of carbonyl (C=O) groups excluding carboxylic acids is 2. The fraction of sp³-hybridized carbons (Fsp3) is 0.619. The van der Waals surface area contributed by atoms with Crippen LogP contribution in [0.4, 0.5) is 5.69 Å². The van der Waals surface area contributed by atoms with Gasteiger partial charge < -0.3 is 19.5 Å². The van der Waals surface area contributed by atoms with Gasteiger partial charge in [0.1, 0.15) is 16.9 Å². The molecule has 0 aliphatic carbocycles. The fourth-order valence-electron chi connectivity index (χ4n) is 2.61. The Labute approximate surface area is 162 Å². The van der Waals surface area contributed by atoms with Gasteiger partial charge in [0.05, 0.1) is 13.2 Å². The number of anilines is 1. The Morgan fingerprint density at radius 1 is 1.07 bits per heavy atom. The van der Waals surface area contributed by atoms with Crippen LogP contribution in [0.15, 0.2) is 18.2 Å². The highest BCUT2D eigenvalue weighted by Crippen LogP contribution is 2.26. The Hall–Kier alpha value is -2.08. The first kappa shape index (κ1) is 23.0. The van der Waals surface area contributed by atoms with E-state index in [0.29, 0.717) is 36.6 Å². The van der Waals surface area contributed by atoms with Gasteiger partial charge in [-0.25, -0.2) is 4.79 Å². The summed E-state index contributed by atoms with van der Waals surface area (Å²) in [4.78, 5) is 25.1. The minimum absolute atomic E-state index is 0.219. The summed E-state index contributed by atoms with van der Waals surface area (Å²) < 4.78 is 16.5. The number of nitrogens with one attached hydrogen (secondary N) is 1. The van der Waals surface area contributed by atoms with Gasteiger partial charge in [0.2, 0.25) is 0 Å². The highest BCUT2D eigenvalue weighted by Gasteiger charge is 2.33. The molecule has 0 unspecified atom stereocenters. The molecular weight excluding hydrogens is 346 g/mol. The SMILES string of the molecule is CCCC[C@@](C)(OCCC)C(=O)Nc1ccc(OCC)c(C(=O)OCC)c1. The second-order valence-electron chi connectivity index (χ2n) is 6.50. The molecule has 1 aromatic carbocycles. The Balaban J connectivity index is 3.04. The fourth-order valence-corrected chi connectivity index (χ4v) is 2.61. The zero-order valence-corrected chi connectivity index (χ0v) is 17.2. The van der Waals surface area contributed by atoms with Gasteiger partial charge in [-0.15, -0.1) is 0 Å². The van der Waals surface area contributed by atoms with Gasteiger partial charge in [0.25, 0.3) is 5.91 Å². The molecule has 0 aliphatic heterocycles. The Kier molecular flexibility index (Phi) is 9.86. The van der Waals surface area contributed by atoms with E-state index in [0.717, 1.165) is 19.3 Å². The van der Waals surface area contributed by atoms with Crippen LogP contribution < -0.4 is 10.1 Å². The number of benzene rings is 1. The first-order chi connectivity index (χ1) is 12.9. The predicted octanol–water partition coefficient (Wildman–Crippen LogP) is 4.58. The summed E-state index contributed by atoms with van der Waals surface area (Å²) in [5.41, 5.74) is -0.107. The van der Waals surface area contributed by atoms with Crippen molar-refractivity contribution in [2.45, 2.75) is 65.9 Å². The molecule has 0 fully saturated rings. The molecule has 0 saturated carbocycles. The van der Waals surface area contributed by atoms with Crippen molar-refractivity contribution in [2.24, 2.45) is 0 Å². The first-order valence-corrected chi connectivity index (χ1v) is 9.81. The molecular formula is C21H33NO5. The van der Waals surface area contributed by atoms with Crippen molar-refractivity contribution in [1.82, 2.24) is 0 Å². The van der Waals surface area contributed by atoms with Crippen LogP contribution in [-0.2, 0) is 14.3 Å².